The molecule has 0 aliphatic heterocycles. The number of hydrogen-bond acceptors (Lipinski definition) is 8. The van der Waals surface area contributed by atoms with E-state index in [1.54, 1.807) is 17.0 Å². The zero-order valence-corrected chi connectivity index (χ0v) is 17.0. The van der Waals surface area contributed by atoms with Gasteiger partial charge in [-0.1, -0.05) is 32.9 Å². The van der Waals surface area contributed by atoms with Gasteiger partial charge in [0.05, 0.1) is 12.8 Å². The Morgan fingerprint density at radius 2 is 2.00 bits per heavy atom. The molecule has 3 rings (SSSR count). The molecule has 10 heteroatoms. The Hall–Kier alpha value is -3.30. The fraction of sp³-hybridized carbons (Fsp3) is 0.474. The SMILES string of the molecule is CC(C)CN(Cc1nc(-c2ccco2)no1)c1c(N)n(CC(C)C)c(=O)[nH]c1=O. The average molecular weight is 402 g/mol. The van der Waals surface area contributed by atoms with Crippen molar-refractivity contribution in [3.05, 3.63) is 45.1 Å². The molecule has 3 N–H and O–H groups in total. The number of nitrogens with two attached hydrogens (primary N) is 1. The van der Waals surface area contributed by atoms with Crippen LogP contribution in [0.3, 0.4) is 0 Å². The van der Waals surface area contributed by atoms with Crippen LogP contribution in [0.25, 0.3) is 11.6 Å². The molecule has 10 nitrogen and oxygen atoms in total. The van der Waals surface area contributed by atoms with Crippen LogP contribution in [0, 0.1) is 11.8 Å². The minimum atomic E-state index is -0.543. The van der Waals surface area contributed by atoms with Gasteiger partial charge in [0.2, 0.25) is 11.7 Å². The van der Waals surface area contributed by atoms with Gasteiger partial charge in [0.1, 0.15) is 11.5 Å². The molecule has 3 aromatic heterocycles. The first kappa shape index (κ1) is 20.4. The maximum absolute atomic E-state index is 12.6. The number of rotatable bonds is 8. The van der Waals surface area contributed by atoms with Crippen molar-refractivity contribution >= 4 is 11.5 Å². The molecule has 0 saturated heterocycles. The van der Waals surface area contributed by atoms with Crippen LogP contribution in [0.4, 0.5) is 11.5 Å². The van der Waals surface area contributed by atoms with E-state index in [9.17, 15) is 9.59 Å². The summed E-state index contributed by atoms with van der Waals surface area (Å²) in [5, 5.41) is 3.92. The number of H-pyrrole nitrogens is 1. The van der Waals surface area contributed by atoms with Crippen LogP contribution in [0.1, 0.15) is 33.6 Å². The van der Waals surface area contributed by atoms with E-state index in [0.717, 1.165) is 0 Å². The van der Waals surface area contributed by atoms with E-state index in [1.165, 1.54) is 10.8 Å². The summed E-state index contributed by atoms with van der Waals surface area (Å²) < 4.78 is 12.0. The number of anilines is 2. The number of aromatic amines is 1. The van der Waals surface area contributed by atoms with E-state index in [0.29, 0.717) is 30.6 Å². The van der Waals surface area contributed by atoms with Crippen LogP contribution in [0.5, 0.6) is 0 Å². The third-order valence-electron chi connectivity index (χ3n) is 4.20. The predicted molar refractivity (Wildman–Crippen MR) is 108 cm³/mol. The van der Waals surface area contributed by atoms with Gasteiger partial charge in [0.25, 0.3) is 5.56 Å². The monoisotopic (exact) mass is 402 g/mol. The zero-order chi connectivity index (χ0) is 21.1. The summed E-state index contributed by atoms with van der Waals surface area (Å²) in [4.78, 5) is 33.3. The van der Waals surface area contributed by atoms with Crippen LogP contribution in [0.2, 0.25) is 0 Å². The minimum Gasteiger partial charge on any atom is -0.461 e. The molecule has 3 heterocycles. The number of nitrogens with one attached hydrogen (secondary N) is 1. The largest absolute Gasteiger partial charge is 0.461 e. The average Bonchev–Trinajstić information content (AvgIpc) is 3.29. The van der Waals surface area contributed by atoms with Gasteiger partial charge in [0, 0.05) is 13.1 Å². The topological polar surface area (TPSA) is 136 Å². The van der Waals surface area contributed by atoms with Crippen molar-refractivity contribution in [1.29, 1.82) is 0 Å². The van der Waals surface area contributed by atoms with E-state index in [-0.39, 0.29) is 29.9 Å². The van der Waals surface area contributed by atoms with Crippen LogP contribution in [-0.4, -0.2) is 26.2 Å². The van der Waals surface area contributed by atoms with Crippen LogP contribution in [0.15, 0.2) is 36.9 Å². The summed E-state index contributed by atoms with van der Waals surface area (Å²) in [6.45, 7) is 9.04. The summed E-state index contributed by atoms with van der Waals surface area (Å²) in [7, 11) is 0. The summed E-state index contributed by atoms with van der Waals surface area (Å²) >= 11 is 0. The Balaban J connectivity index is 1.99. The number of nitrogen functional groups attached to an aromatic ring is 1. The Bertz CT molecular complexity index is 1060. The van der Waals surface area contributed by atoms with Crippen LogP contribution >= 0.6 is 0 Å². The molecule has 0 aliphatic carbocycles. The minimum absolute atomic E-state index is 0.124. The van der Waals surface area contributed by atoms with Crippen molar-refractivity contribution in [1.82, 2.24) is 19.7 Å². The molecule has 0 aliphatic rings. The summed E-state index contributed by atoms with van der Waals surface area (Å²) in [5.41, 5.74) is 5.42. The van der Waals surface area contributed by atoms with Gasteiger partial charge < -0.3 is 19.6 Å². The second-order valence-electron chi connectivity index (χ2n) is 7.76. The number of nitrogens with zero attached hydrogens (tertiary/aromatic N) is 4. The Labute approximate surface area is 167 Å². The number of hydrogen-bond donors (Lipinski definition) is 2. The van der Waals surface area contributed by atoms with E-state index in [1.807, 2.05) is 27.7 Å². The Morgan fingerprint density at radius 3 is 2.62 bits per heavy atom. The molecular formula is C19H26N6O4. The molecule has 0 spiro atoms. The molecule has 0 bridgehead atoms. The third-order valence-corrected chi connectivity index (χ3v) is 4.20. The van der Waals surface area contributed by atoms with Crippen LogP contribution < -0.4 is 21.9 Å². The quantitative estimate of drug-likeness (QED) is 0.584. The van der Waals surface area contributed by atoms with Crippen molar-refractivity contribution in [3.8, 4) is 11.6 Å². The van der Waals surface area contributed by atoms with Crippen molar-refractivity contribution in [2.45, 2.75) is 40.8 Å². The first-order valence-electron chi connectivity index (χ1n) is 9.50. The van der Waals surface area contributed by atoms with Gasteiger partial charge >= 0.3 is 5.69 Å². The molecule has 0 amide bonds. The van der Waals surface area contributed by atoms with Gasteiger partial charge in [-0.2, -0.15) is 4.98 Å². The lowest BCUT2D eigenvalue weighted by atomic mass is 10.2. The van der Waals surface area contributed by atoms with Crippen molar-refractivity contribution in [3.63, 3.8) is 0 Å². The van der Waals surface area contributed by atoms with E-state index < -0.39 is 11.2 Å². The van der Waals surface area contributed by atoms with Gasteiger partial charge in [-0.3, -0.25) is 14.3 Å². The lowest BCUT2D eigenvalue weighted by molar-refractivity contribution is 0.373. The molecule has 0 aromatic carbocycles. The molecule has 3 aromatic rings. The van der Waals surface area contributed by atoms with Crippen molar-refractivity contribution in [2.75, 3.05) is 17.2 Å². The molecule has 156 valence electrons. The molecule has 0 fully saturated rings. The van der Waals surface area contributed by atoms with E-state index >= 15 is 0 Å². The molecule has 29 heavy (non-hydrogen) atoms. The number of furan rings is 1. The van der Waals surface area contributed by atoms with Crippen LogP contribution in [-0.2, 0) is 13.1 Å². The fourth-order valence-corrected chi connectivity index (χ4v) is 3.09. The second kappa shape index (κ2) is 8.38. The molecular weight excluding hydrogens is 376 g/mol. The third kappa shape index (κ3) is 4.58. The summed E-state index contributed by atoms with van der Waals surface area (Å²) in [6, 6.07) is 3.46. The highest BCUT2D eigenvalue weighted by Crippen LogP contribution is 2.22. The predicted octanol–water partition coefficient (Wildman–Crippen LogP) is 2.08. The van der Waals surface area contributed by atoms with E-state index in [4.69, 9.17) is 14.7 Å². The smallest absolute Gasteiger partial charge is 0.330 e. The molecule has 0 saturated carbocycles. The molecule has 0 radical (unpaired) electrons. The van der Waals surface area contributed by atoms with Gasteiger partial charge in [-0.25, -0.2) is 4.79 Å². The highest BCUT2D eigenvalue weighted by atomic mass is 16.5. The van der Waals surface area contributed by atoms with Gasteiger partial charge in [0.15, 0.2) is 5.76 Å². The molecule has 0 unspecified atom stereocenters. The number of aromatic nitrogens is 4. The summed E-state index contributed by atoms with van der Waals surface area (Å²) in [5.74, 6) is 1.63. The fourth-order valence-electron chi connectivity index (χ4n) is 3.09. The van der Waals surface area contributed by atoms with E-state index in [2.05, 4.69) is 15.1 Å². The highest BCUT2D eigenvalue weighted by Gasteiger charge is 2.23. The second-order valence-corrected chi connectivity index (χ2v) is 7.76. The highest BCUT2D eigenvalue weighted by molar-refractivity contribution is 5.62. The lowest BCUT2D eigenvalue weighted by Gasteiger charge is -2.26. The Kier molecular flexibility index (Phi) is 5.90. The summed E-state index contributed by atoms with van der Waals surface area (Å²) in [6.07, 6.45) is 1.52. The van der Waals surface area contributed by atoms with Gasteiger partial charge in [-0.15, -0.1) is 0 Å². The standard InChI is InChI=1S/C19H26N6O4/c1-11(2)8-24(10-14-21-17(23-29-14)13-6-5-7-28-13)15-16(20)25(9-12(3)4)19(27)22-18(15)26/h5-7,11-12H,8-10,20H2,1-4H3,(H,22,26,27). The zero-order valence-electron chi connectivity index (χ0n) is 17.0. The first-order chi connectivity index (χ1) is 13.8. The maximum atomic E-state index is 12.6. The van der Waals surface area contributed by atoms with Crippen molar-refractivity contribution in [2.24, 2.45) is 11.8 Å². The van der Waals surface area contributed by atoms with Crippen molar-refractivity contribution < 1.29 is 8.94 Å². The lowest BCUT2D eigenvalue weighted by Crippen LogP contribution is -2.40. The maximum Gasteiger partial charge on any atom is 0.330 e. The first-order valence-corrected chi connectivity index (χ1v) is 9.50. The van der Waals surface area contributed by atoms with Gasteiger partial charge in [-0.05, 0) is 24.0 Å². The Morgan fingerprint density at radius 1 is 1.24 bits per heavy atom. The normalized spacial score (nSPS) is 11.5. The molecule has 0 atom stereocenters.